The molecule has 1 aliphatic carbocycles. The molecule has 1 spiro atoms. The number of ether oxygens (including phenoxy) is 1. The van der Waals surface area contributed by atoms with Crippen LogP contribution in [0.4, 0.5) is 4.39 Å². The summed E-state index contributed by atoms with van der Waals surface area (Å²) in [5.41, 5.74) is 2.12. The molecule has 1 nitrogen and oxygen atoms in total. The summed E-state index contributed by atoms with van der Waals surface area (Å²) in [6.45, 7) is 5.14. The minimum absolute atomic E-state index is 0.0544. The van der Waals surface area contributed by atoms with Crippen LogP contribution in [-0.2, 0) is 4.74 Å². The van der Waals surface area contributed by atoms with E-state index in [1.54, 1.807) is 12.1 Å². The van der Waals surface area contributed by atoms with Crippen LogP contribution in [0.2, 0.25) is 0 Å². The maximum Gasteiger partial charge on any atom is 0.125 e. The molecule has 1 aromatic carbocycles. The van der Waals surface area contributed by atoms with Crippen LogP contribution in [-0.4, -0.2) is 12.2 Å². The maximum absolute atomic E-state index is 12.8. The van der Waals surface area contributed by atoms with E-state index in [9.17, 15) is 4.39 Å². The Balaban J connectivity index is 1.96. The molecule has 0 saturated carbocycles. The fourth-order valence-electron chi connectivity index (χ4n) is 2.45. The second-order valence-electron chi connectivity index (χ2n) is 5.32. The number of epoxide rings is 1. The Morgan fingerprint density at radius 3 is 2.47 bits per heavy atom. The lowest BCUT2D eigenvalue weighted by Crippen LogP contribution is -2.28. The van der Waals surface area contributed by atoms with Crippen molar-refractivity contribution in [1.82, 2.24) is 0 Å². The average molecular weight is 230 g/mol. The van der Waals surface area contributed by atoms with Gasteiger partial charge in [0.2, 0.25) is 0 Å². The van der Waals surface area contributed by atoms with Crippen molar-refractivity contribution in [3.63, 3.8) is 0 Å². The average Bonchev–Trinajstić information content (AvgIpc) is 3.04. The molecule has 0 N–H and O–H groups in total. The summed E-state index contributed by atoms with van der Waals surface area (Å²) < 4.78 is 18.5. The number of rotatable bonds is 1. The monoisotopic (exact) mass is 230 g/mol. The van der Waals surface area contributed by atoms with E-state index in [0.717, 1.165) is 12.2 Å². The molecule has 1 atom stereocenters. The first-order valence-corrected chi connectivity index (χ1v) is 5.84. The van der Waals surface area contributed by atoms with Crippen molar-refractivity contribution in [1.29, 1.82) is 0 Å². The SMILES string of the molecule is CC1(C)C=CC(=Cc2ccc(F)cc2)C12CO2. The first kappa shape index (κ1) is 10.7. The molecule has 88 valence electrons. The number of hydrogen-bond acceptors (Lipinski definition) is 1. The van der Waals surface area contributed by atoms with Crippen LogP contribution >= 0.6 is 0 Å². The van der Waals surface area contributed by atoms with Gasteiger partial charge in [0.25, 0.3) is 0 Å². The highest BCUT2D eigenvalue weighted by Gasteiger charge is 2.60. The summed E-state index contributed by atoms with van der Waals surface area (Å²) in [6.07, 6.45) is 6.39. The molecule has 1 unspecified atom stereocenters. The lowest BCUT2D eigenvalue weighted by molar-refractivity contribution is 0.232. The third kappa shape index (κ3) is 1.55. The van der Waals surface area contributed by atoms with Crippen LogP contribution in [0.25, 0.3) is 6.08 Å². The third-order valence-electron chi connectivity index (χ3n) is 3.81. The summed E-state index contributed by atoms with van der Waals surface area (Å²) in [7, 11) is 0. The predicted molar refractivity (Wildman–Crippen MR) is 66.0 cm³/mol. The molecule has 0 bridgehead atoms. The lowest BCUT2D eigenvalue weighted by Gasteiger charge is -2.23. The Bertz CT molecular complexity index is 504. The normalized spacial score (nSPS) is 31.4. The van der Waals surface area contributed by atoms with Crippen LogP contribution in [0.15, 0.2) is 42.0 Å². The molecule has 3 rings (SSSR count). The second-order valence-corrected chi connectivity index (χ2v) is 5.32. The van der Waals surface area contributed by atoms with Crippen molar-refractivity contribution in [2.75, 3.05) is 6.61 Å². The summed E-state index contributed by atoms with van der Waals surface area (Å²) in [5, 5.41) is 0. The highest BCUT2D eigenvalue weighted by atomic mass is 19.1. The van der Waals surface area contributed by atoms with Gasteiger partial charge in [-0.15, -0.1) is 0 Å². The first-order valence-electron chi connectivity index (χ1n) is 5.84. The summed E-state index contributed by atoms with van der Waals surface area (Å²) in [4.78, 5) is 0. The summed E-state index contributed by atoms with van der Waals surface area (Å²) in [5.74, 6) is -0.202. The van der Waals surface area contributed by atoms with Crippen LogP contribution < -0.4 is 0 Å². The van der Waals surface area contributed by atoms with Crippen molar-refractivity contribution in [2.24, 2.45) is 5.41 Å². The van der Waals surface area contributed by atoms with Crippen LogP contribution in [0.1, 0.15) is 19.4 Å². The minimum Gasteiger partial charge on any atom is -0.364 e. The standard InChI is InChI=1S/C15H15FO/c1-14(2)8-7-12(15(14)10-17-15)9-11-3-5-13(16)6-4-11/h3-9H,10H2,1-2H3. The van der Waals surface area contributed by atoms with Crippen molar-refractivity contribution < 1.29 is 9.13 Å². The van der Waals surface area contributed by atoms with Crippen LogP contribution in [0.3, 0.4) is 0 Å². The van der Waals surface area contributed by atoms with Crippen LogP contribution in [0, 0.1) is 11.2 Å². The molecule has 1 aliphatic heterocycles. The Kier molecular flexibility index (Phi) is 2.08. The number of benzene rings is 1. The quantitative estimate of drug-likeness (QED) is 0.672. The van der Waals surface area contributed by atoms with E-state index in [1.165, 1.54) is 17.7 Å². The molecular weight excluding hydrogens is 215 g/mol. The van der Waals surface area contributed by atoms with E-state index in [4.69, 9.17) is 4.74 Å². The van der Waals surface area contributed by atoms with Gasteiger partial charge in [-0.05, 0) is 29.3 Å². The Labute approximate surface area is 101 Å². The van der Waals surface area contributed by atoms with Gasteiger partial charge in [-0.1, -0.05) is 38.1 Å². The zero-order valence-corrected chi connectivity index (χ0v) is 10.0. The second kappa shape index (κ2) is 3.30. The number of halogens is 1. The van der Waals surface area contributed by atoms with E-state index in [1.807, 2.05) is 0 Å². The van der Waals surface area contributed by atoms with Gasteiger partial charge in [-0.3, -0.25) is 0 Å². The van der Waals surface area contributed by atoms with E-state index in [-0.39, 0.29) is 16.8 Å². The highest BCUT2D eigenvalue weighted by molar-refractivity contribution is 5.63. The van der Waals surface area contributed by atoms with E-state index >= 15 is 0 Å². The number of hydrogen-bond donors (Lipinski definition) is 0. The van der Waals surface area contributed by atoms with E-state index in [0.29, 0.717) is 0 Å². The Hall–Kier alpha value is -1.41. The minimum atomic E-state index is -0.202. The summed E-state index contributed by atoms with van der Waals surface area (Å²) in [6, 6.07) is 6.54. The van der Waals surface area contributed by atoms with Gasteiger partial charge in [0.05, 0.1) is 6.61 Å². The largest absolute Gasteiger partial charge is 0.364 e. The molecular formula is C15H15FO. The van der Waals surface area contributed by atoms with Gasteiger partial charge < -0.3 is 4.74 Å². The van der Waals surface area contributed by atoms with Crippen molar-refractivity contribution in [3.8, 4) is 0 Å². The van der Waals surface area contributed by atoms with Gasteiger partial charge in [-0.2, -0.15) is 0 Å². The zero-order chi connectivity index (χ0) is 12.1. The Morgan fingerprint density at radius 2 is 1.88 bits per heavy atom. The van der Waals surface area contributed by atoms with Crippen molar-refractivity contribution in [3.05, 3.63) is 53.4 Å². The zero-order valence-electron chi connectivity index (χ0n) is 10.0. The van der Waals surface area contributed by atoms with Gasteiger partial charge in [0.1, 0.15) is 11.4 Å². The molecule has 1 fully saturated rings. The molecule has 1 saturated heterocycles. The van der Waals surface area contributed by atoms with Gasteiger partial charge >= 0.3 is 0 Å². The third-order valence-corrected chi connectivity index (χ3v) is 3.81. The first-order chi connectivity index (χ1) is 8.03. The molecule has 1 aromatic rings. The fraction of sp³-hybridized carbons (Fsp3) is 0.333. The summed E-state index contributed by atoms with van der Waals surface area (Å²) >= 11 is 0. The maximum atomic E-state index is 12.8. The highest BCUT2D eigenvalue weighted by Crippen LogP contribution is 2.55. The van der Waals surface area contributed by atoms with Crippen molar-refractivity contribution >= 4 is 6.08 Å². The molecule has 0 radical (unpaired) electrons. The smallest absolute Gasteiger partial charge is 0.125 e. The molecule has 17 heavy (non-hydrogen) atoms. The predicted octanol–water partition coefficient (Wildman–Crippen LogP) is 3.57. The van der Waals surface area contributed by atoms with Gasteiger partial charge in [0, 0.05) is 5.41 Å². The lowest BCUT2D eigenvalue weighted by atomic mass is 9.80. The van der Waals surface area contributed by atoms with Gasteiger partial charge in [-0.25, -0.2) is 4.39 Å². The molecule has 1 heterocycles. The van der Waals surface area contributed by atoms with Crippen molar-refractivity contribution in [2.45, 2.75) is 19.4 Å². The van der Waals surface area contributed by atoms with E-state index < -0.39 is 0 Å². The topological polar surface area (TPSA) is 12.5 Å². The molecule has 2 aliphatic rings. The molecule has 0 aromatic heterocycles. The van der Waals surface area contributed by atoms with Gasteiger partial charge in [0.15, 0.2) is 0 Å². The molecule has 2 heteroatoms. The fourth-order valence-corrected chi connectivity index (χ4v) is 2.45. The molecule has 0 amide bonds. The van der Waals surface area contributed by atoms with E-state index in [2.05, 4.69) is 32.1 Å². The van der Waals surface area contributed by atoms with Crippen LogP contribution in [0.5, 0.6) is 0 Å². The Morgan fingerprint density at radius 1 is 1.24 bits per heavy atom.